The van der Waals surface area contributed by atoms with Gasteiger partial charge in [-0.1, -0.05) is 64.0 Å². The van der Waals surface area contributed by atoms with Crippen molar-refractivity contribution in [2.75, 3.05) is 6.61 Å². The van der Waals surface area contributed by atoms with E-state index in [1.165, 1.54) is 6.92 Å². The van der Waals surface area contributed by atoms with Crippen molar-refractivity contribution >= 4 is 39.4 Å². The summed E-state index contributed by atoms with van der Waals surface area (Å²) in [5, 5.41) is 5.39. The third-order valence-electron chi connectivity index (χ3n) is 4.98. The van der Waals surface area contributed by atoms with Gasteiger partial charge in [-0.15, -0.1) is 0 Å². The minimum Gasteiger partial charge on any atom is -0.464 e. The van der Waals surface area contributed by atoms with Crippen LogP contribution in [0.5, 0.6) is 0 Å². The Balaban J connectivity index is 2.25. The Morgan fingerprint density at radius 2 is 1.83 bits per heavy atom. The Kier molecular flexibility index (Phi) is 6.41. The van der Waals surface area contributed by atoms with Crippen LogP contribution in [0, 0.1) is 6.92 Å². The number of carbonyl (C=O) groups is 3. The number of rotatable bonds is 5. The monoisotopic (exact) mass is 470 g/mol. The van der Waals surface area contributed by atoms with Crippen molar-refractivity contribution in [1.82, 2.24) is 10.6 Å². The molecule has 2 atom stereocenters. The van der Waals surface area contributed by atoms with Crippen LogP contribution in [0.25, 0.3) is 5.70 Å². The van der Waals surface area contributed by atoms with Crippen LogP contribution in [0.3, 0.4) is 0 Å². The van der Waals surface area contributed by atoms with Crippen molar-refractivity contribution in [2.24, 2.45) is 0 Å². The molecule has 2 unspecified atom stereocenters. The van der Waals surface area contributed by atoms with Crippen LogP contribution >= 0.6 is 15.9 Å². The number of aryl methyl sites for hydroxylation is 1. The highest BCUT2D eigenvalue weighted by Crippen LogP contribution is 2.40. The van der Waals surface area contributed by atoms with Crippen LogP contribution in [-0.4, -0.2) is 29.9 Å². The van der Waals surface area contributed by atoms with Gasteiger partial charge in [0.15, 0.2) is 0 Å². The van der Waals surface area contributed by atoms with Gasteiger partial charge in [-0.25, -0.2) is 4.79 Å². The number of carbonyl (C=O) groups excluding carboxylic acids is 3. The molecule has 30 heavy (non-hydrogen) atoms. The maximum atomic E-state index is 13.4. The number of benzene rings is 2. The molecule has 0 bridgehead atoms. The van der Waals surface area contributed by atoms with Crippen LogP contribution in [-0.2, 0) is 19.1 Å². The Bertz CT molecular complexity index is 1020. The van der Waals surface area contributed by atoms with Crippen molar-refractivity contribution in [3.05, 3.63) is 75.8 Å². The van der Waals surface area contributed by atoms with E-state index in [0.717, 1.165) is 11.1 Å². The van der Waals surface area contributed by atoms with Crippen LogP contribution < -0.4 is 10.6 Å². The molecular formula is C23H23BrN2O4. The molecule has 0 radical (unpaired) electrons. The zero-order chi connectivity index (χ0) is 21.9. The molecule has 6 nitrogen and oxygen atoms in total. The number of hydrogen-bond donors (Lipinski definition) is 2. The largest absolute Gasteiger partial charge is 0.464 e. The molecule has 2 aromatic rings. The first-order valence-electron chi connectivity index (χ1n) is 9.60. The Morgan fingerprint density at radius 1 is 1.17 bits per heavy atom. The van der Waals surface area contributed by atoms with E-state index in [1.54, 1.807) is 13.0 Å². The average molecular weight is 471 g/mol. The van der Waals surface area contributed by atoms with Gasteiger partial charge in [0.05, 0.1) is 6.61 Å². The molecule has 2 aromatic carbocycles. The minimum absolute atomic E-state index is 0.0741. The molecule has 7 heteroatoms. The van der Waals surface area contributed by atoms with Crippen LogP contribution in [0.15, 0.2) is 59.1 Å². The fourth-order valence-corrected chi connectivity index (χ4v) is 4.11. The number of halogens is 1. The third-order valence-corrected chi connectivity index (χ3v) is 5.70. The molecular weight excluding hydrogens is 448 g/mol. The van der Waals surface area contributed by atoms with Crippen molar-refractivity contribution in [1.29, 1.82) is 0 Å². The van der Waals surface area contributed by atoms with Gasteiger partial charge < -0.3 is 15.4 Å². The van der Waals surface area contributed by atoms with Crippen molar-refractivity contribution in [3.63, 3.8) is 0 Å². The SMILES string of the molecule is CCOC(=O)C1(NC(C)=O)C(=O)NC(c2ccc(C)cc2)=CC1c1ccccc1Br. The fourth-order valence-electron chi connectivity index (χ4n) is 3.58. The Morgan fingerprint density at radius 3 is 2.43 bits per heavy atom. The third kappa shape index (κ3) is 4.03. The van der Waals surface area contributed by atoms with E-state index in [2.05, 4.69) is 26.6 Å². The second-order valence-electron chi connectivity index (χ2n) is 7.11. The predicted octanol–water partition coefficient (Wildman–Crippen LogP) is 3.45. The number of esters is 1. The van der Waals surface area contributed by atoms with Gasteiger partial charge in [-0.05, 0) is 37.1 Å². The summed E-state index contributed by atoms with van der Waals surface area (Å²) in [5.41, 5.74) is 1.19. The topological polar surface area (TPSA) is 84.5 Å². The smallest absolute Gasteiger partial charge is 0.342 e. The first-order valence-corrected chi connectivity index (χ1v) is 10.4. The van der Waals surface area contributed by atoms with Crippen molar-refractivity contribution in [3.8, 4) is 0 Å². The van der Waals surface area contributed by atoms with E-state index in [4.69, 9.17) is 4.74 Å². The summed E-state index contributed by atoms with van der Waals surface area (Å²) in [6, 6.07) is 15.0. The lowest BCUT2D eigenvalue weighted by atomic mass is 9.75. The number of nitrogens with one attached hydrogen (secondary N) is 2. The van der Waals surface area contributed by atoms with E-state index in [1.807, 2.05) is 55.5 Å². The molecule has 2 amide bonds. The van der Waals surface area contributed by atoms with Gasteiger partial charge in [0, 0.05) is 23.0 Å². The quantitative estimate of drug-likeness (QED) is 0.517. The van der Waals surface area contributed by atoms with Crippen LogP contribution in [0.2, 0.25) is 0 Å². The summed E-state index contributed by atoms with van der Waals surface area (Å²) < 4.78 is 5.96. The van der Waals surface area contributed by atoms with E-state index < -0.39 is 29.2 Å². The minimum atomic E-state index is -1.93. The standard InChI is InChI=1S/C23H23BrN2O4/c1-4-30-22(29)23(26-15(3)27)18(17-7-5-6-8-19(17)24)13-20(25-21(23)28)16-11-9-14(2)10-12-16/h5-13,18H,4H2,1-3H3,(H,25,28)(H,26,27). The van der Waals surface area contributed by atoms with Gasteiger partial charge >= 0.3 is 5.97 Å². The lowest BCUT2D eigenvalue weighted by Crippen LogP contribution is -2.68. The first kappa shape index (κ1) is 21.8. The van der Waals surface area contributed by atoms with Crippen molar-refractivity contribution < 1.29 is 19.1 Å². The average Bonchev–Trinajstić information content (AvgIpc) is 2.70. The fraction of sp³-hybridized carbons (Fsp3) is 0.261. The van der Waals surface area contributed by atoms with E-state index in [0.29, 0.717) is 15.7 Å². The molecule has 1 aliphatic rings. The normalized spacial score (nSPS) is 20.7. The van der Waals surface area contributed by atoms with E-state index in [9.17, 15) is 14.4 Å². The van der Waals surface area contributed by atoms with Crippen LogP contribution in [0.1, 0.15) is 36.5 Å². The highest BCUT2D eigenvalue weighted by molar-refractivity contribution is 9.10. The number of hydrogen-bond acceptors (Lipinski definition) is 4. The summed E-state index contributed by atoms with van der Waals surface area (Å²) in [6.45, 7) is 4.97. The van der Waals surface area contributed by atoms with Gasteiger partial charge in [0.2, 0.25) is 11.4 Å². The van der Waals surface area contributed by atoms with Crippen LogP contribution in [0.4, 0.5) is 0 Å². The highest BCUT2D eigenvalue weighted by Gasteiger charge is 2.57. The van der Waals surface area contributed by atoms with Gasteiger partial charge in [0.25, 0.3) is 5.91 Å². The first-order chi connectivity index (χ1) is 14.3. The van der Waals surface area contributed by atoms with Crippen molar-refractivity contribution in [2.45, 2.75) is 32.2 Å². The van der Waals surface area contributed by atoms with Gasteiger partial charge in [-0.2, -0.15) is 0 Å². The molecule has 0 aliphatic carbocycles. The summed E-state index contributed by atoms with van der Waals surface area (Å²) in [6.07, 6.45) is 1.79. The molecule has 3 rings (SSSR count). The lowest BCUT2D eigenvalue weighted by molar-refractivity contribution is -0.158. The lowest BCUT2D eigenvalue weighted by Gasteiger charge is -2.40. The molecule has 1 heterocycles. The maximum absolute atomic E-state index is 13.4. The maximum Gasteiger partial charge on any atom is 0.342 e. The molecule has 1 aliphatic heterocycles. The summed E-state index contributed by atoms with van der Waals surface area (Å²) in [4.78, 5) is 38.6. The van der Waals surface area contributed by atoms with E-state index in [-0.39, 0.29) is 6.61 Å². The molecule has 0 spiro atoms. The zero-order valence-electron chi connectivity index (χ0n) is 17.0. The second kappa shape index (κ2) is 8.83. The summed E-state index contributed by atoms with van der Waals surface area (Å²) in [5.74, 6) is -2.75. The Hall–Kier alpha value is -2.93. The molecule has 0 saturated heterocycles. The predicted molar refractivity (Wildman–Crippen MR) is 117 cm³/mol. The summed E-state index contributed by atoms with van der Waals surface area (Å²) in [7, 11) is 0. The molecule has 156 valence electrons. The molecule has 2 N–H and O–H groups in total. The second-order valence-corrected chi connectivity index (χ2v) is 7.96. The summed E-state index contributed by atoms with van der Waals surface area (Å²) >= 11 is 3.52. The Labute approximate surface area is 183 Å². The van der Waals surface area contributed by atoms with E-state index >= 15 is 0 Å². The number of ether oxygens (including phenoxy) is 1. The molecule has 0 aromatic heterocycles. The molecule has 0 fully saturated rings. The van der Waals surface area contributed by atoms with Gasteiger partial charge in [0.1, 0.15) is 0 Å². The number of amides is 2. The molecule has 0 saturated carbocycles. The highest BCUT2D eigenvalue weighted by atomic mass is 79.9. The van der Waals surface area contributed by atoms with Gasteiger partial charge in [-0.3, -0.25) is 9.59 Å². The zero-order valence-corrected chi connectivity index (χ0v) is 18.6.